The van der Waals surface area contributed by atoms with Crippen molar-refractivity contribution in [2.24, 2.45) is 5.73 Å². The number of benzene rings is 2. The van der Waals surface area contributed by atoms with E-state index in [1.54, 1.807) is 6.07 Å². The summed E-state index contributed by atoms with van der Waals surface area (Å²) in [5.74, 6) is -0.146. The summed E-state index contributed by atoms with van der Waals surface area (Å²) in [5, 5.41) is 3.28. The van der Waals surface area contributed by atoms with Gasteiger partial charge in [0.25, 0.3) is 0 Å². The van der Waals surface area contributed by atoms with Gasteiger partial charge >= 0.3 is 0 Å². The molecule has 4 heteroatoms. The predicted molar refractivity (Wildman–Crippen MR) is 74.8 cm³/mol. The normalized spacial score (nSPS) is 11.9. The van der Waals surface area contributed by atoms with Gasteiger partial charge in [-0.25, -0.2) is 4.39 Å². The number of hydrogen-bond donors (Lipinski definition) is 2. The molecule has 1 unspecified atom stereocenters. The minimum Gasteiger partial charge on any atom is -0.494 e. The molecule has 0 heterocycles. The second-order valence-corrected chi connectivity index (χ2v) is 4.19. The van der Waals surface area contributed by atoms with Crippen molar-refractivity contribution in [1.82, 2.24) is 0 Å². The van der Waals surface area contributed by atoms with E-state index in [0.717, 1.165) is 11.3 Å². The number of methoxy groups -OCH3 is 1. The van der Waals surface area contributed by atoms with Crippen molar-refractivity contribution in [1.29, 1.82) is 0 Å². The molecule has 0 amide bonds. The average Bonchev–Trinajstić information content (AvgIpc) is 2.46. The highest BCUT2D eigenvalue weighted by molar-refractivity contribution is 5.46. The number of nitrogens with two attached hydrogens (primary N) is 1. The first-order valence-electron chi connectivity index (χ1n) is 6.09. The molecule has 1 atom stereocenters. The number of anilines is 1. The Balaban J connectivity index is 2.20. The fourth-order valence-electron chi connectivity index (χ4n) is 1.91. The molecule has 2 aromatic rings. The Kier molecular flexibility index (Phi) is 4.36. The topological polar surface area (TPSA) is 47.3 Å². The number of halogens is 1. The van der Waals surface area contributed by atoms with E-state index in [1.807, 2.05) is 36.4 Å². The van der Waals surface area contributed by atoms with Crippen molar-refractivity contribution in [2.75, 3.05) is 19.0 Å². The van der Waals surface area contributed by atoms with Gasteiger partial charge in [-0.2, -0.15) is 0 Å². The zero-order valence-corrected chi connectivity index (χ0v) is 10.8. The highest BCUT2D eigenvalue weighted by Gasteiger charge is 2.12. The summed E-state index contributed by atoms with van der Waals surface area (Å²) in [6.45, 7) is 0.376. The van der Waals surface area contributed by atoms with Crippen LogP contribution in [0.25, 0.3) is 0 Å². The minimum absolute atomic E-state index is 0.136. The Hall–Kier alpha value is -2.07. The molecule has 0 bridgehead atoms. The molecule has 19 heavy (non-hydrogen) atoms. The number of ether oxygens (including phenoxy) is 1. The van der Waals surface area contributed by atoms with Crippen LogP contribution in [0.4, 0.5) is 10.1 Å². The van der Waals surface area contributed by atoms with E-state index in [2.05, 4.69) is 5.32 Å². The van der Waals surface area contributed by atoms with Gasteiger partial charge in [-0.05, 0) is 29.8 Å². The van der Waals surface area contributed by atoms with Gasteiger partial charge in [0.1, 0.15) is 0 Å². The van der Waals surface area contributed by atoms with E-state index in [0.29, 0.717) is 6.54 Å². The third kappa shape index (κ3) is 3.23. The number of hydrogen-bond acceptors (Lipinski definition) is 3. The van der Waals surface area contributed by atoms with Crippen molar-refractivity contribution in [3.05, 3.63) is 59.9 Å². The smallest absolute Gasteiger partial charge is 0.165 e. The third-order valence-corrected chi connectivity index (χ3v) is 2.93. The fourth-order valence-corrected chi connectivity index (χ4v) is 1.91. The molecule has 0 saturated heterocycles. The first kappa shape index (κ1) is 13.4. The molecule has 3 N–H and O–H groups in total. The van der Waals surface area contributed by atoms with Crippen LogP contribution in [0.3, 0.4) is 0 Å². The van der Waals surface area contributed by atoms with Gasteiger partial charge in [-0.1, -0.05) is 24.3 Å². The minimum atomic E-state index is -0.381. The van der Waals surface area contributed by atoms with Crippen LogP contribution in [0.1, 0.15) is 11.6 Å². The molecule has 0 spiro atoms. The van der Waals surface area contributed by atoms with Crippen LogP contribution in [0, 0.1) is 5.82 Å². The first-order valence-corrected chi connectivity index (χ1v) is 6.09. The lowest BCUT2D eigenvalue weighted by Gasteiger charge is -2.19. The van der Waals surface area contributed by atoms with Gasteiger partial charge in [0.15, 0.2) is 11.6 Å². The third-order valence-electron chi connectivity index (χ3n) is 2.93. The van der Waals surface area contributed by atoms with Gasteiger partial charge < -0.3 is 15.8 Å². The van der Waals surface area contributed by atoms with Crippen LogP contribution in [0.2, 0.25) is 0 Å². The largest absolute Gasteiger partial charge is 0.494 e. The zero-order chi connectivity index (χ0) is 13.7. The molecule has 3 nitrogen and oxygen atoms in total. The first-order chi connectivity index (χ1) is 9.24. The van der Waals surface area contributed by atoms with E-state index in [4.69, 9.17) is 10.5 Å². The standard InChI is InChI=1S/C15H17FN2O/c1-19-15-8-7-11(9-13(15)16)14(10-17)18-12-5-3-2-4-6-12/h2-9,14,18H,10,17H2,1H3. The molecular formula is C15H17FN2O. The SMILES string of the molecule is COc1ccc(C(CN)Nc2ccccc2)cc1F. The highest BCUT2D eigenvalue weighted by Crippen LogP contribution is 2.24. The van der Waals surface area contributed by atoms with Gasteiger partial charge in [-0.15, -0.1) is 0 Å². The molecule has 0 saturated carbocycles. The van der Waals surface area contributed by atoms with E-state index in [9.17, 15) is 4.39 Å². The number of nitrogens with one attached hydrogen (secondary N) is 1. The number of rotatable bonds is 5. The molecule has 2 rings (SSSR count). The summed E-state index contributed by atoms with van der Waals surface area (Å²) in [6, 6.07) is 14.4. The summed E-state index contributed by atoms with van der Waals surface area (Å²) in [4.78, 5) is 0. The van der Waals surface area contributed by atoms with Crippen LogP contribution >= 0.6 is 0 Å². The molecule has 0 fully saturated rings. The maximum Gasteiger partial charge on any atom is 0.165 e. The molecule has 0 aliphatic rings. The lowest BCUT2D eigenvalue weighted by Crippen LogP contribution is -2.20. The maximum atomic E-state index is 13.7. The van der Waals surface area contributed by atoms with E-state index >= 15 is 0 Å². The second-order valence-electron chi connectivity index (χ2n) is 4.19. The Morgan fingerprint density at radius 2 is 1.95 bits per heavy atom. The Bertz CT molecular complexity index is 531. The van der Waals surface area contributed by atoms with E-state index < -0.39 is 0 Å². The summed E-state index contributed by atoms with van der Waals surface area (Å²) in [5.41, 5.74) is 7.51. The van der Waals surface area contributed by atoms with Crippen LogP contribution < -0.4 is 15.8 Å². The second kappa shape index (κ2) is 6.20. The van der Waals surface area contributed by atoms with Crippen LogP contribution in [-0.4, -0.2) is 13.7 Å². The van der Waals surface area contributed by atoms with Gasteiger partial charge in [0.05, 0.1) is 13.2 Å². The Morgan fingerprint density at radius 3 is 2.53 bits per heavy atom. The molecule has 0 aromatic heterocycles. The molecule has 0 aliphatic heterocycles. The summed E-state index contributed by atoms with van der Waals surface area (Å²) < 4.78 is 18.6. The van der Waals surface area contributed by atoms with Crippen molar-refractivity contribution >= 4 is 5.69 Å². The van der Waals surface area contributed by atoms with Crippen molar-refractivity contribution in [3.8, 4) is 5.75 Å². The van der Waals surface area contributed by atoms with Gasteiger partial charge in [0.2, 0.25) is 0 Å². The van der Waals surface area contributed by atoms with E-state index in [1.165, 1.54) is 13.2 Å². The Morgan fingerprint density at radius 1 is 1.21 bits per heavy atom. The van der Waals surface area contributed by atoms with E-state index in [-0.39, 0.29) is 17.6 Å². The summed E-state index contributed by atoms with van der Waals surface area (Å²) in [7, 11) is 1.45. The predicted octanol–water partition coefficient (Wildman–Crippen LogP) is 2.95. The molecular weight excluding hydrogens is 243 g/mol. The lowest BCUT2D eigenvalue weighted by atomic mass is 10.1. The lowest BCUT2D eigenvalue weighted by molar-refractivity contribution is 0.386. The summed E-state index contributed by atoms with van der Waals surface area (Å²) in [6.07, 6.45) is 0. The summed E-state index contributed by atoms with van der Waals surface area (Å²) >= 11 is 0. The zero-order valence-electron chi connectivity index (χ0n) is 10.8. The van der Waals surface area contributed by atoms with Crippen molar-refractivity contribution in [3.63, 3.8) is 0 Å². The average molecular weight is 260 g/mol. The fraction of sp³-hybridized carbons (Fsp3) is 0.200. The van der Waals surface area contributed by atoms with Crippen LogP contribution in [0.5, 0.6) is 5.75 Å². The molecule has 0 radical (unpaired) electrons. The van der Waals surface area contributed by atoms with Gasteiger partial charge in [0, 0.05) is 12.2 Å². The van der Waals surface area contributed by atoms with Crippen molar-refractivity contribution in [2.45, 2.75) is 6.04 Å². The highest BCUT2D eigenvalue weighted by atomic mass is 19.1. The monoisotopic (exact) mass is 260 g/mol. The maximum absolute atomic E-state index is 13.7. The molecule has 0 aliphatic carbocycles. The van der Waals surface area contributed by atoms with Crippen molar-refractivity contribution < 1.29 is 9.13 Å². The molecule has 2 aromatic carbocycles. The van der Waals surface area contributed by atoms with Crippen LogP contribution in [0.15, 0.2) is 48.5 Å². The molecule has 100 valence electrons. The van der Waals surface area contributed by atoms with Crippen LogP contribution in [-0.2, 0) is 0 Å². The quantitative estimate of drug-likeness (QED) is 0.869. The van der Waals surface area contributed by atoms with Gasteiger partial charge in [-0.3, -0.25) is 0 Å². The number of para-hydroxylation sites is 1. The Labute approximate surface area is 112 Å².